The number of nitrogens with zero attached hydrogens (tertiary/aromatic N) is 2. The number of rotatable bonds is 0. The number of nitrogens with one attached hydrogen (secondary N) is 1. The maximum atomic E-state index is 11.6. The highest BCUT2D eigenvalue weighted by molar-refractivity contribution is 5.95. The summed E-state index contributed by atoms with van der Waals surface area (Å²) in [5.41, 5.74) is 0. The summed E-state index contributed by atoms with van der Waals surface area (Å²) < 4.78 is 0. The van der Waals surface area contributed by atoms with Crippen LogP contribution in [-0.4, -0.2) is 60.9 Å². The molecule has 5 heteroatoms. The molecule has 1 atom stereocenters. The van der Waals surface area contributed by atoms with Crippen molar-refractivity contribution in [1.29, 1.82) is 0 Å². The number of hydrogen-bond donors (Lipinski definition) is 1. The zero-order valence-corrected chi connectivity index (χ0v) is 7.62. The predicted molar refractivity (Wildman–Crippen MR) is 46.0 cm³/mol. The second-order valence-electron chi connectivity index (χ2n) is 3.50. The fourth-order valence-electron chi connectivity index (χ4n) is 1.85. The normalized spacial score (nSPS) is 29.2. The molecule has 2 rings (SSSR count). The van der Waals surface area contributed by atoms with E-state index < -0.39 is 0 Å². The average Bonchev–Trinajstić information content (AvgIpc) is 2.15. The molecular formula is C8H13N3O2. The molecule has 0 unspecified atom stereocenters. The minimum absolute atomic E-state index is 0.0480. The van der Waals surface area contributed by atoms with Gasteiger partial charge in [0.1, 0.15) is 6.04 Å². The smallest absolute Gasteiger partial charge is 0.246 e. The Hall–Kier alpha value is -1.10. The standard InChI is InChI=1S/C8H13N3O2/c1-10-5-7(12)11-3-2-9-4-6(11)8(10)13/h6,9H,2-5H2,1H3/t6-/m1/s1. The van der Waals surface area contributed by atoms with Crippen molar-refractivity contribution in [2.24, 2.45) is 0 Å². The van der Waals surface area contributed by atoms with Gasteiger partial charge in [-0.05, 0) is 0 Å². The van der Waals surface area contributed by atoms with Crippen LogP contribution in [0.2, 0.25) is 0 Å². The van der Waals surface area contributed by atoms with Gasteiger partial charge in [0, 0.05) is 26.7 Å². The van der Waals surface area contributed by atoms with Gasteiger partial charge in [-0.25, -0.2) is 0 Å². The maximum absolute atomic E-state index is 11.6. The molecule has 0 aromatic heterocycles. The van der Waals surface area contributed by atoms with E-state index in [1.165, 1.54) is 4.90 Å². The first-order chi connectivity index (χ1) is 6.20. The fraction of sp³-hybridized carbons (Fsp3) is 0.750. The largest absolute Gasteiger partial charge is 0.335 e. The molecule has 2 heterocycles. The van der Waals surface area contributed by atoms with Crippen molar-refractivity contribution in [2.45, 2.75) is 6.04 Å². The Kier molecular flexibility index (Phi) is 1.95. The molecule has 0 aromatic rings. The van der Waals surface area contributed by atoms with Gasteiger partial charge in [-0.3, -0.25) is 9.59 Å². The van der Waals surface area contributed by atoms with E-state index in [0.29, 0.717) is 13.1 Å². The van der Waals surface area contributed by atoms with Crippen LogP contribution in [0.4, 0.5) is 0 Å². The number of fused-ring (bicyclic) bond motifs is 1. The number of carbonyl (C=O) groups excluding carboxylic acids is 2. The van der Waals surface area contributed by atoms with Crippen LogP contribution in [0.1, 0.15) is 0 Å². The lowest BCUT2D eigenvalue weighted by molar-refractivity contribution is -0.155. The van der Waals surface area contributed by atoms with Crippen molar-refractivity contribution in [1.82, 2.24) is 15.1 Å². The third-order valence-electron chi connectivity index (χ3n) is 2.60. The molecule has 2 aliphatic heterocycles. The number of likely N-dealkylation sites (N-methyl/N-ethyl adjacent to an activating group) is 1. The summed E-state index contributed by atoms with van der Waals surface area (Å²) in [5, 5.41) is 3.11. The molecule has 0 aromatic carbocycles. The van der Waals surface area contributed by atoms with E-state index in [9.17, 15) is 9.59 Å². The van der Waals surface area contributed by atoms with E-state index in [2.05, 4.69) is 5.32 Å². The van der Waals surface area contributed by atoms with Crippen LogP contribution < -0.4 is 5.32 Å². The number of hydrogen-bond acceptors (Lipinski definition) is 3. The van der Waals surface area contributed by atoms with Gasteiger partial charge in [0.2, 0.25) is 11.8 Å². The molecule has 0 bridgehead atoms. The Labute approximate surface area is 76.7 Å². The molecule has 2 aliphatic rings. The van der Waals surface area contributed by atoms with Crippen LogP contribution in [0.15, 0.2) is 0 Å². The Morgan fingerprint density at radius 3 is 3.00 bits per heavy atom. The Morgan fingerprint density at radius 2 is 2.23 bits per heavy atom. The first kappa shape index (κ1) is 8.50. The van der Waals surface area contributed by atoms with E-state index >= 15 is 0 Å². The highest BCUT2D eigenvalue weighted by atomic mass is 16.2. The van der Waals surface area contributed by atoms with Gasteiger partial charge in [0.25, 0.3) is 0 Å². The van der Waals surface area contributed by atoms with Gasteiger partial charge < -0.3 is 15.1 Å². The highest BCUT2D eigenvalue weighted by Gasteiger charge is 2.38. The second kappa shape index (κ2) is 2.99. The van der Waals surface area contributed by atoms with E-state index in [0.717, 1.165) is 6.54 Å². The molecule has 0 aliphatic carbocycles. The number of piperazine rings is 2. The lowest BCUT2D eigenvalue weighted by Gasteiger charge is -2.41. The van der Waals surface area contributed by atoms with E-state index in [1.54, 1.807) is 11.9 Å². The van der Waals surface area contributed by atoms with Crippen molar-refractivity contribution >= 4 is 11.8 Å². The van der Waals surface area contributed by atoms with Crippen LogP contribution in [0.25, 0.3) is 0 Å². The third-order valence-corrected chi connectivity index (χ3v) is 2.60. The molecule has 0 saturated carbocycles. The van der Waals surface area contributed by atoms with E-state index in [4.69, 9.17) is 0 Å². The van der Waals surface area contributed by atoms with Gasteiger partial charge >= 0.3 is 0 Å². The molecule has 13 heavy (non-hydrogen) atoms. The fourth-order valence-corrected chi connectivity index (χ4v) is 1.85. The molecule has 5 nitrogen and oxygen atoms in total. The first-order valence-electron chi connectivity index (χ1n) is 4.45. The minimum atomic E-state index is -0.264. The molecule has 2 amide bonds. The lowest BCUT2D eigenvalue weighted by Crippen LogP contribution is -2.65. The second-order valence-corrected chi connectivity index (χ2v) is 3.50. The molecule has 0 spiro atoms. The average molecular weight is 183 g/mol. The Bertz CT molecular complexity index is 254. The lowest BCUT2D eigenvalue weighted by atomic mass is 10.1. The molecule has 0 radical (unpaired) electrons. The van der Waals surface area contributed by atoms with Crippen LogP contribution in [0.3, 0.4) is 0 Å². The van der Waals surface area contributed by atoms with Gasteiger partial charge in [0.05, 0.1) is 6.54 Å². The Morgan fingerprint density at radius 1 is 1.46 bits per heavy atom. The third kappa shape index (κ3) is 1.29. The summed E-state index contributed by atoms with van der Waals surface area (Å²) in [4.78, 5) is 26.3. The van der Waals surface area contributed by atoms with Crippen LogP contribution in [0.5, 0.6) is 0 Å². The summed E-state index contributed by atoms with van der Waals surface area (Å²) >= 11 is 0. The SMILES string of the molecule is CN1CC(=O)N2CCNC[C@@H]2C1=O. The van der Waals surface area contributed by atoms with Crippen molar-refractivity contribution < 1.29 is 9.59 Å². The minimum Gasteiger partial charge on any atom is -0.335 e. The van der Waals surface area contributed by atoms with Crippen LogP contribution in [-0.2, 0) is 9.59 Å². The van der Waals surface area contributed by atoms with Crippen molar-refractivity contribution in [3.63, 3.8) is 0 Å². The van der Waals surface area contributed by atoms with Gasteiger partial charge in [-0.2, -0.15) is 0 Å². The first-order valence-corrected chi connectivity index (χ1v) is 4.45. The van der Waals surface area contributed by atoms with Crippen molar-refractivity contribution in [3.05, 3.63) is 0 Å². The molecule has 1 N–H and O–H groups in total. The quantitative estimate of drug-likeness (QED) is 0.485. The van der Waals surface area contributed by atoms with Crippen molar-refractivity contribution in [2.75, 3.05) is 33.2 Å². The van der Waals surface area contributed by atoms with Crippen molar-refractivity contribution in [3.8, 4) is 0 Å². The van der Waals surface area contributed by atoms with Crippen LogP contribution >= 0.6 is 0 Å². The highest BCUT2D eigenvalue weighted by Crippen LogP contribution is 2.12. The summed E-state index contributed by atoms with van der Waals surface area (Å²) in [7, 11) is 1.67. The number of carbonyl (C=O) groups is 2. The van der Waals surface area contributed by atoms with Gasteiger partial charge in [-0.15, -0.1) is 0 Å². The molecule has 2 fully saturated rings. The van der Waals surface area contributed by atoms with Gasteiger partial charge in [0.15, 0.2) is 0 Å². The summed E-state index contributed by atoms with van der Waals surface area (Å²) in [5.74, 6) is 0.111. The monoisotopic (exact) mass is 183 g/mol. The van der Waals surface area contributed by atoms with E-state index in [1.807, 2.05) is 0 Å². The zero-order valence-electron chi connectivity index (χ0n) is 7.62. The summed E-state index contributed by atoms with van der Waals surface area (Å²) in [6.07, 6.45) is 0. The summed E-state index contributed by atoms with van der Waals surface area (Å²) in [6.45, 7) is 2.27. The molecule has 2 saturated heterocycles. The Balaban J connectivity index is 2.19. The van der Waals surface area contributed by atoms with Crippen LogP contribution in [0, 0.1) is 0 Å². The zero-order chi connectivity index (χ0) is 9.42. The van der Waals surface area contributed by atoms with E-state index in [-0.39, 0.29) is 24.4 Å². The maximum Gasteiger partial charge on any atom is 0.246 e. The number of amides is 2. The predicted octanol–water partition coefficient (Wildman–Crippen LogP) is -1.74. The topological polar surface area (TPSA) is 52.7 Å². The molecule has 72 valence electrons. The van der Waals surface area contributed by atoms with Gasteiger partial charge in [-0.1, -0.05) is 0 Å². The molecular weight excluding hydrogens is 170 g/mol. The summed E-state index contributed by atoms with van der Waals surface area (Å²) in [6, 6.07) is -0.264.